The number of likely N-dealkylation sites (tertiary alicyclic amines) is 2. The van der Waals surface area contributed by atoms with Gasteiger partial charge in [0, 0.05) is 19.0 Å². The largest absolute Gasteiger partial charge is 0.481 e. The van der Waals surface area contributed by atoms with Gasteiger partial charge in [0.25, 0.3) is 0 Å². The highest BCUT2D eigenvalue weighted by atomic mass is 16.4. The van der Waals surface area contributed by atoms with Gasteiger partial charge in [-0.2, -0.15) is 0 Å². The fraction of sp³-hybridized carbons (Fsp3) is 0.929. The number of nitrogens with zero attached hydrogens (tertiary/aromatic N) is 2. The molecule has 2 aliphatic heterocycles. The molecule has 0 aromatic carbocycles. The van der Waals surface area contributed by atoms with E-state index in [1.807, 2.05) is 0 Å². The Morgan fingerprint density at radius 2 is 2.11 bits per heavy atom. The van der Waals surface area contributed by atoms with E-state index in [1.165, 1.54) is 38.9 Å². The SMILES string of the molecule is CN1CCCC2CN(CCCCC(=O)O)CCC21. The summed E-state index contributed by atoms with van der Waals surface area (Å²) in [6.45, 7) is 4.76. The van der Waals surface area contributed by atoms with Crippen LogP contribution in [-0.4, -0.2) is 60.1 Å². The topological polar surface area (TPSA) is 43.8 Å². The lowest BCUT2D eigenvalue weighted by Crippen LogP contribution is -2.52. The van der Waals surface area contributed by atoms with Crippen LogP contribution in [0.5, 0.6) is 0 Å². The lowest BCUT2D eigenvalue weighted by molar-refractivity contribution is -0.137. The third-order valence-corrected chi connectivity index (χ3v) is 4.54. The molecule has 0 aromatic heterocycles. The standard InChI is InChI=1S/C14H26N2O2/c1-15-8-4-5-12-11-16(10-7-13(12)15)9-3-2-6-14(17)18/h12-13H,2-11H2,1H3,(H,17,18). The zero-order valence-electron chi connectivity index (χ0n) is 11.5. The van der Waals surface area contributed by atoms with E-state index in [1.54, 1.807) is 0 Å². The number of fused-ring (bicyclic) bond motifs is 1. The molecular formula is C14H26N2O2. The van der Waals surface area contributed by atoms with Gasteiger partial charge in [0.2, 0.25) is 0 Å². The molecule has 0 radical (unpaired) electrons. The number of carbonyl (C=O) groups is 1. The van der Waals surface area contributed by atoms with Crippen molar-refractivity contribution in [2.45, 2.75) is 44.6 Å². The summed E-state index contributed by atoms with van der Waals surface area (Å²) < 4.78 is 0. The highest BCUT2D eigenvalue weighted by Crippen LogP contribution is 2.29. The van der Waals surface area contributed by atoms with Crippen LogP contribution >= 0.6 is 0 Å². The summed E-state index contributed by atoms with van der Waals surface area (Å²) in [6.07, 6.45) is 6.17. The number of hydrogen-bond acceptors (Lipinski definition) is 3. The van der Waals surface area contributed by atoms with E-state index in [4.69, 9.17) is 5.11 Å². The normalized spacial score (nSPS) is 30.1. The summed E-state index contributed by atoms with van der Waals surface area (Å²) >= 11 is 0. The zero-order valence-corrected chi connectivity index (χ0v) is 11.5. The average molecular weight is 254 g/mol. The van der Waals surface area contributed by atoms with Crippen molar-refractivity contribution in [1.82, 2.24) is 9.80 Å². The van der Waals surface area contributed by atoms with Crippen LogP contribution in [0.1, 0.15) is 38.5 Å². The summed E-state index contributed by atoms with van der Waals surface area (Å²) in [6, 6.07) is 0.800. The minimum absolute atomic E-state index is 0.322. The van der Waals surface area contributed by atoms with E-state index in [2.05, 4.69) is 16.8 Å². The number of unbranched alkanes of at least 4 members (excludes halogenated alkanes) is 1. The third kappa shape index (κ3) is 3.69. The Morgan fingerprint density at radius 1 is 1.28 bits per heavy atom. The summed E-state index contributed by atoms with van der Waals surface area (Å²) in [5, 5.41) is 8.61. The van der Waals surface area contributed by atoms with Gasteiger partial charge in [0.05, 0.1) is 0 Å². The van der Waals surface area contributed by atoms with Crippen molar-refractivity contribution >= 4 is 5.97 Å². The van der Waals surface area contributed by atoms with Gasteiger partial charge in [-0.3, -0.25) is 4.79 Å². The van der Waals surface area contributed by atoms with Gasteiger partial charge in [-0.15, -0.1) is 0 Å². The average Bonchev–Trinajstić information content (AvgIpc) is 2.35. The molecule has 2 aliphatic rings. The summed E-state index contributed by atoms with van der Waals surface area (Å²) in [5.74, 6) is 0.180. The first-order valence-corrected chi connectivity index (χ1v) is 7.31. The molecule has 104 valence electrons. The van der Waals surface area contributed by atoms with E-state index in [9.17, 15) is 4.79 Å². The molecule has 0 bridgehead atoms. The molecule has 0 aromatic rings. The first-order chi connectivity index (χ1) is 8.66. The summed E-state index contributed by atoms with van der Waals surface area (Å²) in [4.78, 5) is 15.5. The Kier molecular flexibility index (Phi) is 5.01. The molecule has 2 heterocycles. The molecule has 0 spiro atoms. The van der Waals surface area contributed by atoms with Crippen LogP contribution in [0.4, 0.5) is 0 Å². The van der Waals surface area contributed by atoms with Crippen LogP contribution in [0, 0.1) is 5.92 Å². The van der Waals surface area contributed by atoms with Gasteiger partial charge in [-0.1, -0.05) is 0 Å². The van der Waals surface area contributed by atoms with Crippen LogP contribution in [0.15, 0.2) is 0 Å². The molecule has 0 aliphatic carbocycles. The van der Waals surface area contributed by atoms with Crippen molar-refractivity contribution in [3.63, 3.8) is 0 Å². The van der Waals surface area contributed by atoms with Crippen LogP contribution in [0.25, 0.3) is 0 Å². The minimum Gasteiger partial charge on any atom is -0.481 e. The Labute approximate surface area is 110 Å². The zero-order chi connectivity index (χ0) is 13.0. The Bertz CT molecular complexity index is 283. The smallest absolute Gasteiger partial charge is 0.303 e. The molecule has 1 N–H and O–H groups in total. The Balaban J connectivity index is 1.68. The van der Waals surface area contributed by atoms with Crippen molar-refractivity contribution in [2.24, 2.45) is 5.92 Å². The molecule has 4 nitrogen and oxygen atoms in total. The van der Waals surface area contributed by atoms with Gasteiger partial charge in [-0.05, 0) is 64.7 Å². The first-order valence-electron chi connectivity index (χ1n) is 7.31. The monoisotopic (exact) mass is 254 g/mol. The molecule has 2 rings (SSSR count). The molecule has 0 saturated carbocycles. The lowest BCUT2D eigenvalue weighted by atomic mass is 9.84. The maximum absolute atomic E-state index is 10.5. The van der Waals surface area contributed by atoms with Gasteiger partial charge < -0.3 is 14.9 Å². The van der Waals surface area contributed by atoms with Crippen LogP contribution < -0.4 is 0 Å². The fourth-order valence-corrected chi connectivity index (χ4v) is 3.54. The number of carboxylic acid groups (broad SMARTS) is 1. The van der Waals surface area contributed by atoms with E-state index < -0.39 is 5.97 Å². The van der Waals surface area contributed by atoms with Crippen molar-refractivity contribution < 1.29 is 9.90 Å². The second-order valence-corrected chi connectivity index (χ2v) is 5.89. The second kappa shape index (κ2) is 6.53. The first kappa shape index (κ1) is 13.8. The van der Waals surface area contributed by atoms with Gasteiger partial charge in [-0.25, -0.2) is 0 Å². The minimum atomic E-state index is -0.664. The lowest BCUT2D eigenvalue weighted by Gasteiger charge is -2.46. The van der Waals surface area contributed by atoms with E-state index in [0.29, 0.717) is 6.42 Å². The molecule has 18 heavy (non-hydrogen) atoms. The number of aliphatic carboxylic acids is 1. The van der Waals surface area contributed by atoms with Gasteiger partial charge in [0.1, 0.15) is 0 Å². The van der Waals surface area contributed by atoms with Crippen molar-refractivity contribution in [3.8, 4) is 0 Å². The number of rotatable bonds is 5. The van der Waals surface area contributed by atoms with E-state index in [-0.39, 0.29) is 0 Å². The summed E-state index contributed by atoms with van der Waals surface area (Å²) in [7, 11) is 2.26. The molecule has 4 heteroatoms. The molecule has 0 amide bonds. The highest BCUT2D eigenvalue weighted by Gasteiger charge is 2.33. The van der Waals surface area contributed by atoms with E-state index in [0.717, 1.165) is 31.3 Å². The Hall–Kier alpha value is -0.610. The molecule has 2 atom stereocenters. The Morgan fingerprint density at radius 3 is 2.89 bits per heavy atom. The number of carboxylic acids is 1. The number of piperidine rings is 2. The van der Waals surface area contributed by atoms with Gasteiger partial charge in [0.15, 0.2) is 0 Å². The van der Waals surface area contributed by atoms with Crippen molar-refractivity contribution in [2.75, 3.05) is 33.2 Å². The maximum Gasteiger partial charge on any atom is 0.303 e. The van der Waals surface area contributed by atoms with E-state index >= 15 is 0 Å². The quantitative estimate of drug-likeness (QED) is 0.758. The predicted octanol–water partition coefficient (Wildman–Crippen LogP) is 1.66. The van der Waals surface area contributed by atoms with Crippen LogP contribution in [0.3, 0.4) is 0 Å². The molecule has 2 unspecified atom stereocenters. The molecular weight excluding hydrogens is 228 g/mol. The maximum atomic E-state index is 10.5. The van der Waals surface area contributed by atoms with Crippen LogP contribution in [-0.2, 0) is 4.79 Å². The summed E-state index contributed by atoms with van der Waals surface area (Å²) in [5.41, 5.74) is 0. The fourth-order valence-electron chi connectivity index (χ4n) is 3.54. The van der Waals surface area contributed by atoms with Crippen molar-refractivity contribution in [3.05, 3.63) is 0 Å². The predicted molar refractivity (Wildman–Crippen MR) is 71.7 cm³/mol. The second-order valence-electron chi connectivity index (χ2n) is 5.89. The molecule has 2 fully saturated rings. The number of hydrogen-bond donors (Lipinski definition) is 1. The highest BCUT2D eigenvalue weighted by molar-refractivity contribution is 5.66. The third-order valence-electron chi connectivity index (χ3n) is 4.54. The van der Waals surface area contributed by atoms with Crippen molar-refractivity contribution in [1.29, 1.82) is 0 Å². The van der Waals surface area contributed by atoms with Gasteiger partial charge >= 0.3 is 5.97 Å². The molecule has 2 saturated heterocycles. The van der Waals surface area contributed by atoms with Crippen LogP contribution in [0.2, 0.25) is 0 Å².